The molecule has 1 atom stereocenters. The first kappa shape index (κ1) is 15.8. The van der Waals surface area contributed by atoms with Gasteiger partial charge in [-0.3, -0.25) is 0 Å². The lowest BCUT2D eigenvalue weighted by Gasteiger charge is -2.27. The number of hydrogen-bond donors (Lipinski definition) is 2. The third-order valence-electron chi connectivity index (χ3n) is 3.95. The number of rotatable bonds is 7. The molecular weight excluding hydrogens is 318 g/mol. The maximum atomic E-state index is 10.2. The molecule has 0 aliphatic heterocycles. The third kappa shape index (κ3) is 4.47. The Morgan fingerprint density at radius 2 is 2.15 bits per heavy atom. The summed E-state index contributed by atoms with van der Waals surface area (Å²) in [6.45, 7) is 6.96. The summed E-state index contributed by atoms with van der Waals surface area (Å²) in [4.78, 5) is 0. The Morgan fingerprint density at radius 3 is 2.75 bits per heavy atom. The van der Waals surface area contributed by atoms with Gasteiger partial charge in [0.1, 0.15) is 12.4 Å². The number of hydrogen-bond acceptors (Lipinski definition) is 3. The maximum absolute atomic E-state index is 10.2. The highest BCUT2D eigenvalue weighted by Gasteiger charge is 2.26. The van der Waals surface area contributed by atoms with Crippen LogP contribution >= 0.6 is 15.9 Å². The van der Waals surface area contributed by atoms with Gasteiger partial charge in [0.05, 0.1) is 5.60 Å². The van der Waals surface area contributed by atoms with Crippen molar-refractivity contribution in [2.75, 3.05) is 6.61 Å². The van der Waals surface area contributed by atoms with Crippen LogP contribution in [0.4, 0.5) is 0 Å². The van der Waals surface area contributed by atoms with Gasteiger partial charge in [-0.05, 0) is 49.4 Å². The molecule has 20 heavy (non-hydrogen) atoms. The first-order valence-electron chi connectivity index (χ1n) is 7.25. The molecule has 1 aromatic rings. The molecular formula is C16H24BrNO2. The van der Waals surface area contributed by atoms with Gasteiger partial charge in [0.2, 0.25) is 0 Å². The fraction of sp³-hybridized carbons (Fsp3) is 0.625. The molecule has 1 fully saturated rings. The molecule has 0 radical (unpaired) electrons. The molecule has 112 valence electrons. The second kappa shape index (κ2) is 6.46. The van der Waals surface area contributed by atoms with Crippen LogP contribution in [-0.4, -0.2) is 23.4 Å². The van der Waals surface area contributed by atoms with Crippen LogP contribution in [-0.2, 0) is 6.54 Å². The average molecular weight is 342 g/mol. The van der Waals surface area contributed by atoms with E-state index in [0.29, 0.717) is 12.6 Å². The lowest BCUT2D eigenvalue weighted by Crippen LogP contribution is -2.37. The molecule has 0 saturated heterocycles. The minimum Gasteiger partial charge on any atom is -0.491 e. The molecule has 1 aliphatic carbocycles. The van der Waals surface area contributed by atoms with Crippen molar-refractivity contribution in [2.45, 2.75) is 51.8 Å². The number of benzene rings is 1. The fourth-order valence-electron chi connectivity index (χ4n) is 1.71. The summed E-state index contributed by atoms with van der Waals surface area (Å²) in [6, 6.07) is 6.66. The van der Waals surface area contributed by atoms with Crippen molar-refractivity contribution in [1.82, 2.24) is 5.32 Å². The van der Waals surface area contributed by atoms with E-state index in [1.807, 2.05) is 39.0 Å². The Balaban J connectivity index is 1.95. The molecule has 1 aromatic carbocycles. The second-order valence-corrected chi connectivity index (χ2v) is 7.06. The van der Waals surface area contributed by atoms with Gasteiger partial charge in [0.25, 0.3) is 0 Å². The minimum atomic E-state index is -0.806. The van der Waals surface area contributed by atoms with Crippen molar-refractivity contribution < 1.29 is 9.84 Å². The predicted octanol–water partition coefficient (Wildman–Crippen LogP) is 3.49. The highest BCUT2D eigenvalue weighted by Crippen LogP contribution is 2.26. The van der Waals surface area contributed by atoms with E-state index < -0.39 is 5.60 Å². The summed E-state index contributed by atoms with van der Waals surface area (Å²) in [5.74, 6) is 0.968. The van der Waals surface area contributed by atoms with Gasteiger partial charge in [-0.1, -0.05) is 29.8 Å². The van der Waals surface area contributed by atoms with Crippen molar-refractivity contribution in [3.8, 4) is 5.75 Å². The van der Waals surface area contributed by atoms with E-state index in [9.17, 15) is 5.11 Å². The Kier molecular flexibility index (Phi) is 5.10. The van der Waals surface area contributed by atoms with Crippen LogP contribution in [0.1, 0.15) is 39.2 Å². The fourth-order valence-corrected chi connectivity index (χ4v) is 2.10. The molecule has 4 heteroatoms. The topological polar surface area (TPSA) is 41.5 Å². The summed E-state index contributed by atoms with van der Waals surface area (Å²) in [7, 11) is 0. The number of ether oxygens (including phenoxy) is 1. The van der Waals surface area contributed by atoms with Crippen LogP contribution in [0.15, 0.2) is 22.7 Å². The summed E-state index contributed by atoms with van der Waals surface area (Å²) in [5, 5.41) is 13.7. The SMILES string of the molecule is CC(C)C(C)(O)COc1ccc(Br)c(CNC2CC2)c1. The molecule has 0 heterocycles. The van der Waals surface area contributed by atoms with Gasteiger partial charge >= 0.3 is 0 Å². The smallest absolute Gasteiger partial charge is 0.119 e. The molecule has 0 bridgehead atoms. The van der Waals surface area contributed by atoms with Crippen molar-refractivity contribution >= 4 is 15.9 Å². The van der Waals surface area contributed by atoms with Crippen LogP contribution in [0.3, 0.4) is 0 Å². The molecule has 0 amide bonds. The molecule has 1 saturated carbocycles. The van der Waals surface area contributed by atoms with Gasteiger partial charge in [0.15, 0.2) is 0 Å². The number of aliphatic hydroxyl groups is 1. The molecule has 0 aromatic heterocycles. The normalized spacial score (nSPS) is 18.1. The average Bonchev–Trinajstić information content (AvgIpc) is 3.20. The van der Waals surface area contributed by atoms with Gasteiger partial charge < -0.3 is 15.2 Å². The monoisotopic (exact) mass is 341 g/mol. The second-order valence-electron chi connectivity index (χ2n) is 6.21. The Morgan fingerprint density at radius 1 is 1.45 bits per heavy atom. The highest BCUT2D eigenvalue weighted by molar-refractivity contribution is 9.10. The molecule has 1 aliphatic rings. The Bertz CT molecular complexity index is 456. The van der Waals surface area contributed by atoms with Crippen LogP contribution in [0, 0.1) is 5.92 Å². The van der Waals surface area contributed by atoms with E-state index in [0.717, 1.165) is 16.8 Å². The van der Waals surface area contributed by atoms with E-state index in [2.05, 4.69) is 21.2 Å². The largest absolute Gasteiger partial charge is 0.491 e. The van der Waals surface area contributed by atoms with E-state index in [-0.39, 0.29) is 5.92 Å². The van der Waals surface area contributed by atoms with E-state index >= 15 is 0 Å². The zero-order valence-electron chi connectivity index (χ0n) is 12.4. The third-order valence-corrected chi connectivity index (χ3v) is 4.72. The lowest BCUT2D eigenvalue weighted by atomic mass is 9.94. The summed E-state index contributed by atoms with van der Waals surface area (Å²) < 4.78 is 6.84. The predicted molar refractivity (Wildman–Crippen MR) is 85.0 cm³/mol. The number of halogens is 1. The first-order chi connectivity index (χ1) is 9.38. The summed E-state index contributed by atoms with van der Waals surface area (Å²) >= 11 is 3.57. The highest BCUT2D eigenvalue weighted by atomic mass is 79.9. The molecule has 0 spiro atoms. The van der Waals surface area contributed by atoms with Crippen molar-refractivity contribution in [3.05, 3.63) is 28.2 Å². The van der Waals surface area contributed by atoms with E-state index in [1.54, 1.807) is 0 Å². The zero-order chi connectivity index (χ0) is 14.8. The summed E-state index contributed by atoms with van der Waals surface area (Å²) in [6.07, 6.45) is 2.57. The van der Waals surface area contributed by atoms with Gasteiger partial charge in [-0.25, -0.2) is 0 Å². The quantitative estimate of drug-likeness (QED) is 0.797. The summed E-state index contributed by atoms with van der Waals surface area (Å²) in [5.41, 5.74) is 0.387. The van der Waals surface area contributed by atoms with Crippen LogP contribution in [0.2, 0.25) is 0 Å². The molecule has 2 rings (SSSR count). The van der Waals surface area contributed by atoms with E-state index in [1.165, 1.54) is 18.4 Å². The maximum Gasteiger partial charge on any atom is 0.119 e. The molecule has 3 nitrogen and oxygen atoms in total. The van der Waals surface area contributed by atoms with Crippen LogP contribution < -0.4 is 10.1 Å². The minimum absolute atomic E-state index is 0.161. The van der Waals surface area contributed by atoms with Crippen LogP contribution in [0.25, 0.3) is 0 Å². The van der Waals surface area contributed by atoms with Gasteiger partial charge in [-0.15, -0.1) is 0 Å². The molecule has 2 N–H and O–H groups in total. The van der Waals surface area contributed by atoms with Gasteiger partial charge in [0, 0.05) is 17.1 Å². The van der Waals surface area contributed by atoms with Crippen molar-refractivity contribution in [1.29, 1.82) is 0 Å². The number of nitrogens with one attached hydrogen (secondary N) is 1. The Labute approximate surface area is 129 Å². The zero-order valence-corrected chi connectivity index (χ0v) is 14.0. The van der Waals surface area contributed by atoms with Gasteiger partial charge in [-0.2, -0.15) is 0 Å². The van der Waals surface area contributed by atoms with Crippen molar-refractivity contribution in [2.24, 2.45) is 5.92 Å². The standard InChI is InChI=1S/C16H24BrNO2/c1-11(2)16(3,19)10-20-14-6-7-15(17)12(8-14)9-18-13-4-5-13/h6-8,11,13,18-19H,4-5,9-10H2,1-3H3. The Hall–Kier alpha value is -0.580. The van der Waals surface area contributed by atoms with Crippen LogP contribution in [0.5, 0.6) is 5.75 Å². The first-order valence-corrected chi connectivity index (χ1v) is 8.05. The lowest BCUT2D eigenvalue weighted by molar-refractivity contribution is -0.0266. The molecule has 1 unspecified atom stereocenters. The van der Waals surface area contributed by atoms with E-state index in [4.69, 9.17) is 4.74 Å². The van der Waals surface area contributed by atoms with Crippen molar-refractivity contribution in [3.63, 3.8) is 0 Å².